The predicted octanol–water partition coefficient (Wildman–Crippen LogP) is 16.7. The minimum Gasteiger partial charge on any atom is -0.616 e. The monoisotopic (exact) mass is 1270 g/mol. The first kappa shape index (κ1) is 55.7. The van der Waals surface area contributed by atoms with Crippen LogP contribution in [0.5, 0.6) is 11.5 Å². The van der Waals surface area contributed by atoms with Crippen molar-refractivity contribution in [3.8, 4) is 45.3 Å². The molecule has 5 aromatic heterocycles. The van der Waals surface area contributed by atoms with Gasteiger partial charge in [0.1, 0.15) is 17.0 Å². The second-order valence-electron chi connectivity index (χ2n) is 18.5. The first-order chi connectivity index (χ1) is 39.8. The molecule has 9 aromatic carbocycles. The average molecular weight is 1270 g/mol. The van der Waals surface area contributed by atoms with Crippen molar-refractivity contribution in [2.75, 3.05) is 0 Å². The predicted molar refractivity (Wildman–Crippen MR) is 320 cm³/mol. The van der Waals surface area contributed by atoms with Crippen molar-refractivity contribution in [2.45, 2.75) is 6.92 Å². The maximum atomic E-state index is 13.2. The van der Waals surface area contributed by atoms with E-state index in [4.69, 9.17) is 12.7 Å². The van der Waals surface area contributed by atoms with Crippen molar-refractivity contribution < 1.29 is 46.4 Å². The molecule has 0 aliphatic carbocycles. The number of carbonyl (C=O) groups is 1. The van der Waals surface area contributed by atoms with Gasteiger partial charge >= 0.3 is 21.9 Å². The second-order valence-corrected chi connectivity index (χ2v) is 19.2. The normalized spacial score (nSPS) is 10.6. The van der Waals surface area contributed by atoms with Crippen molar-refractivity contribution in [1.29, 1.82) is 0 Å². The Bertz CT molecular complexity index is 4240. The number of carboxylic acids is 1. The Morgan fingerprint density at radius 1 is 0.524 bits per heavy atom. The summed E-state index contributed by atoms with van der Waals surface area (Å²) in [5.41, 5.74) is 12.2. The fourth-order valence-electron chi connectivity index (χ4n) is 9.61. The molecule has 0 fully saturated rings. The minimum absolute atomic E-state index is 0. The van der Waals surface area contributed by atoms with E-state index >= 15 is 0 Å². The number of aromatic carboxylic acids is 1. The van der Waals surface area contributed by atoms with Crippen LogP contribution in [-0.2, 0) is 20.1 Å². The molecule has 0 amide bonds. The van der Waals surface area contributed by atoms with E-state index in [9.17, 15) is 13.6 Å². The fraction of sp³-hybridized carbons (Fsp3) is 0.0145. The number of para-hydroxylation sites is 5. The molecule has 14 aromatic rings. The zero-order valence-electron chi connectivity index (χ0n) is 44.0. The number of fused-ring (bicyclic) bond motifs is 7. The van der Waals surface area contributed by atoms with E-state index in [1.165, 1.54) is 78.4 Å². The minimum atomic E-state index is -0.990. The Labute approximate surface area is 492 Å². The summed E-state index contributed by atoms with van der Waals surface area (Å²) in [5, 5.41) is 14.5. The van der Waals surface area contributed by atoms with E-state index in [0.717, 1.165) is 40.2 Å². The molecule has 0 bridgehead atoms. The number of rotatable bonds is 9. The van der Waals surface area contributed by atoms with Crippen molar-refractivity contribution in [3.05, 3.63) is 296 Å². The first-order valence-electron chi connectivity index (χ1n) is 25.9. The molecule has 0 saturated carbocycles. The SMILES string of the molecule is Cc1ccc2cccc([O][Al][O]c3ccc(-c4ccccc4)cc3)c2n1.Fc1c[c-]c(-c2ccccn2)c(F)c1.O=C(O)c1ccccn1.[Ir].c1cc(-n2c3ccccc3c3ccccc32)cc(-n2c3ccccc3c3ccccc32)c1. The molecule has 9 nitrogen and oxygen atoms in total. The second kappa shape index (κ2) is 26.1. The third-order valence-corrected chi connectivity index (χ3v) is 14.0. The van der Waals surface area contributed by atoms with E-state index in [1.54, 1.807) is 36.5 Å². The molecule has 400 valence electrons. The summed E-state index contributed by atoms with van der Waals surface area (Å²) in [6.45, 7) is 1.98. The summed E-state index contributed by atoms with van der Waals surface area (Å²) < 4.78 is 42.3. The number of benzene rings is 9. The Kier molecular flexibility index (Phi) is 17.7. The van der Waals surface area contributed by atoms with Gasteiger partial charge in [-0.2, -0.15) is 0 Å². The maximum absolute atomic E-state index is 13.2. The van der Waals surface area contributed by atoms with E-state index < -0.39 is 33.5 Å². The van der Waals surface area contributed by atoms with Gasteiger partial charge in [-0.25, -0.2) is 14.8 Å². The molecule has 13 heteroatoms. The number of hydrogen-bond donors (Lipinski definition) is 1. The molecule has 14 rings (SSSR count). The van der Waals surface area contributed by atoms with Crippen LogP contribution in [0.2, 0.25) is 0 Å². The molecule has 0 unspecified atom stereocenters. The third kappa shape index (κ3) is 12.5. The van der Waals surface area contributed by atoms with Crippen molar-refractivity contribution >= 4 is 76.4 Å². The number of nitrogens with zero attached hydrogens (tertiary/aromatic N) is 5. The van der Waals surface area contributed by atoms with Crippen LogP contribution in [0, 0.1) is 24.6 Å². The maximum Gasteiger partial charge on any atom is 0.881 e. The van der Waals surface area contributed by atoms with Crippen molar-refractivity contribution in [3.63, 3.8) is 0 Å². The fourth-order valence-corrected chi connectivity index (χ4v) is 10.2. The molecule has 0 atom stereocenters. The summed E-state index contributed by atoms with van der Waals surface area (Å²) in [6.07, 6.45) is 3.00. The van der Waals surface area contributed by atoms with Gasteiger partial charge in [0, 0.05) is 88.1 Å². The molecule has 0 saturated heterocycles. The van der Waals surface area contributed by atoms with Gasteiger partial charge < -0.3 is 26.8 Å². The molecular formula is C69H48AlF2IrN5O4-. The molecule has 0 aliphatic heterocycles. The molecule has 0 aliphatic rings. The largest absolute Gasteiger partial charge is 0.881 e. The molecule has 5 heterocycles. The van der Waals surface area contributed by atoms with Crippen LogP contribution in [0.3, 0.4) is 0 Å². The topological polar surface area (TPSA) is 104 Å². The van der Waals surface area contributed by atoms with Gasteiger partial charge in [0.2, 0.25) is 0 Å². The molecule has 1 N–H and O–H groups in total. The quantitative estimate of drug-likeness (QED) is 0.113. The van der Waals surface area contributed by atoms with Gasteiger partial charge in [0.05, 0.1) is 27.8 Å². The molecule has 82 heavy (non-hydrogen) atoms. The molecular weight excluding hydrogens is 1220 g/mol. The molecule has 2 radical (unpaired) electrons. The summed E-state index contributed by atoms with van der Waals surface area (Å²) in [4.78, 5) is 22.2. The number of pyridine rings is 3. The third-order valence-electron chi connectivity index (χ3n) is 13.3. The van der Waals surface area contributed by atoms with E-state index in [-0.39, 0.29) is 31.4 Å². The van der Waals surface area contributed by atoms with E-state index in [0.29, 0.717) is 5.69 Å². The summed E-state index contributed by atoms with van der Waals surface area (Å²) in [7, 11) is 0. The van der Waals surface area contributed by atoms with Gasteiger partial charge in [-0.05, 0) is 109 Å². The van der Waals surface area contributed by atoms with Gasteiger partial charge in [-0.1, -0.05) is 169 Å². The van der Waals surface area contributed by atoms with Crippen LogP contribution in [-0.4, -0.2) is 51.0 Å². The van der Waals surface area contributed by atoms with Crippen LogP contribution < -0.4 is 7.58 Å². The van der Waals surface area contributed by atoms with Gasteiger partial charge in [-0.15, -0.1) is 12.1 Å². The number of hydrogen-bond acceptors (Lipinski definition) is 6. The van der Waals surface area contributed by atoms with E-state index in [2.05, 4.69) is 182 Å². The van der Waals surface area contributed by atoms with Crippen LogP contribution in [0.25, 0.3) is 88.3 Å². The molecule has 0 spiro atoms. The Morgan fingerprint density at radius 2 is 1.05 bits per heavy atom. The first-order valence-corrected chi connectivity index (χ1v) is 26.9. The van der Waals surface area contributed by atoms with E-state index in [1.807, 2.05) is 61.5 Å². The zero-order chi connectivity index (χ0) is 55.5. The summed E-state index contributed by atoms with van der Waals surface area (Å²) >= 11 is -0.665. The van der Waals surface area contributed by atoms with Gasteiger partial charge in [-0.3, -0.25) is 8.78 Å². The smallest absolute Gasteiger partial charge is 0.616 e. The van der Waals surface area contributed by atoms with Gasteiger partial charge in [0.25, 0.3) is 0 Å². The Morgan fingerprint density at radius 3 is 1.57 bits per heavy atom. The van der Waals surface area contributed by atoms with Crippen LogP contribution in [0.4, 0.5) is 8.78 Å². The average Bonchev–Trinajstić information content (AvgIpc) is 4.18. The number of aromatic nitrogens is 5. The standard InChI is InChI=1S/C30H20N2.C12H10O.C11H6F2N.C10H9NO.C6H5NO2.Al.Ir/c1-5-16-27-23(12-1)24-13-2-6-17-28(24)31(27)21-10-9-11-22(20-21)32-29-18-7-3-14-25(29)26-15-4-8-19-30(26)32;13-12-8-6-11(7-9-12)10-4-2-1-3-5-10;12-8-4-5-9(10(13)7-8)11-3-1-2-6-14-11;1-7-5-6-8-3-2-4-9(12)10(8)11-7;8-6(9)5-3-1-2-4-7-5;;/h1-20H;1-9,13H;1-4,6-7H;2-6,12H,1H3;1-4H,(H,8,9);;/q;;-1;;;+2;/p-2. The number of carboxylic acid groups (broad SMARTS) is 1. The zero-order valence-corrected chi connectivity index (χ0v) is 47.5. The Hall–Kier alpha value is -9.60. The number of aryl methyl sites for hydroxylation is 1. The summed E-state index contributed by atoms with van der Waals surface area (Å²) in [5.74, 6) is -0.701. The Balaban J connectivity index is 0.000000134. The van der Waals surface area contributed by atoms with Crippen molar-refractivity contribution in [2.24, 2.45) is 0 Å². The van der Waals surface area contributed by atoms with Gasteiger partial charge in [0.15, 0.2) is 0 Å². The van der Waals surface area contributed by atoms with Crippen molar-refractivity contribution in [1.82, 2.24) is 24.1 Å². The summed E-state index contributed by atoms with van der Waals surface area (Å²) in [6, 6.07) is 86.2. The van der Waals surface area contributed by atoms with Crippen LogP contribution in [0.15, 0.2) is 267 Å². The number of halogens is 2. The van der Waals surface area contributed by atoms with Crippen LogP contribution >= 0.6 is 0 Å². The van der Waals surface area contributed by atoms with Crippen LogP contribution in [0.1, 0.15) is 16.2 Å².